The lowest BCUT2D eigenvalue weighted by atomic mass is 10.1. The van der Waals surface area contributed by atoms with Crippen LogP contribution >= 0.6 is 0 Å². The van der Waals surface area contributed by atoms with E-state index in [1.807, 2.05) is 42.5 Å². The number of pyridine rings is 1. The van der Waals surface area contributed by atoms with Crippen LogP contribution in [0.4, 0.5) is 0 Å². The van der Waals surface area contributed by atoms with E-state index in [0.717, 1.165) is 28.5 Å². The number of hydrogen-bond donors (Lipinski definition) is 0. The average molecular weight is 305 g/mol. The normalized spacial score (nSPS) is 10.7. The van der Waals surface area contributed by atoms with E-state index in [9.17, 15) is 4.79 Å². The fraction of sp³-hybridized carbons (Fsp3) is 0.200. The van der Waals surface area contributed by atoms with Gasteiger partial charge in [0.25, 0.3) is 0 Å². The Hall–Kier alpha value is -2.68. The number of rotatable bonds is 5. The van der Waals surface area contributed by atoms with Gasteiger partial charge in [0.1, 0.15) is 6.61 Å². The van der Waals surface area contributed by atoms with Gasteiger partial charge in [-0.05, 0) is 41.3 Å². The molecule has 0 saturated carbocycles. The molecule has 0 spiro atoms. The molecular formula is C20H19NO2. The minimum absolute atomic E-state index is 0.208. The Morgan fingerprint density at radius 3 is 2.52 bits per heavy atom. The van der Waals surface area contributed by atoms with E-state index in [2.05, 4.69) is 24.0 Å². The van der Waals surface area contributed by atoms with Gasteiger partial charge in [-0.15, -0.1) is 0 Å². The van der Waals surface area contributed by atoms with Crippen LogP contribution < -0.4 is 0 Å². The number of nitrogens with zero attached hydrogens (tertiary/aromatic N) is 1. The molecule has 116 valence electrons. The summed E-state index contributed by atoms with van der Waals surface area (Å²) in [7, 11) is 0. The summed E-state index contributed by atoms with van der Waals surface area (Å²) < 4.78 is 5.38. The van der Waals surface area contributed by atoms with Crippen molar-refractivity contribution >= 4 is 16.9 Å². The Morgan fingerprint density at radius 1 is 1.00 bits per heavy atom. The maximum absolute atomic E-state index is 12.0. The van der Waals surface area contributed by atoms with Crippen LogP contribution in [0, 0.1) is 0 Å². The standard InChI is InChI=1S/C20H19NO2/c1-2-15-5-7-16(8-6-15)13-20(22)23-14-17-9-10-19-18(12-17)4-3-11-21-19/h3-12H,2,13-14H2,1H3. The van der Waals surface area contributed by atoms with Gasteiger partial charge in [0, 0.05) is 11.6 Å². The number of benzene rings is 2. The first kappa shape index (κ1) is 15.2. The average Bonchev–Trinajstić information content (AvgIpc) is 2.60. The molecule has 0 fully saturated rings. The molecule has 0 N–H and O–H groups in total. The highest BCUT2D eigenvalue weighted by molar-refractivity contribution is 5.79. The molecule has 3 heteroatoms. The highest BCUT2D eigenvalue weighted by Crippen LogP contribution is 2.14. The van der Waals surface area contributed by atoms with Crippen molar-refractivity contribution in [3.8, 4) is 0 Å². The van der Waals surface area contributed by atoms with Crippen molar-refractivity contribution in [2.24, 2.45) is 0 Å². The van der Waals surface area contributed by atoms with Crippen molar-refractivity contribution in [2.45, 2.75) is 26.4 Å². The second-order valence-electron chi connectivity index (χ2n) is 5.54. The van der Waals surface area contributed by atoms with E-state index in [-0.39, 0.29) is 12.6 Å². The number of carbonyl (C=O) groups excluding carboxylic acids is 1. The topological polar surface area (TPSA) is 39.2 Å². The van der Waals surface area contributed by atoms with Crippen molar-refractivity contribution in [3.05, 3.63) is 77.5 Å². The van der Waals surface area contributed by atoms with Crippen molar-refractivity contribution in [1.29, 1.82) is 0 Å². The minimum atomic E-state index is -0.208. The molecule has 0 bridgehead atoms. The molecule has 0 unspecified atom stereocenters. The van der Waals surface area contributed by atoms with Crippen LogP contribution in [0.15, 0.2) is 60.8 Å². The van der Waals surface area contributed by atoms with Crippen molar-refractivity contribution in [3.63, 3.8) is 0 Å². The second-order valence-corrected chi connectivity index (χ2v) is 5.54. The molecule has 3 aromatic rings. The van der Waals surface area contributed by atoms with E-state index in [1.165, 1.54) is 5.56 Å². The molecule has 0 amide bonds. The van der Waals surface area contributed by atoms with Crippen molar-refractivity contribution in [2.75, 3.05) is 0 Å². The van der Waals surface area contributed by atoms with Crippen molar-refractivity contribution < 1.29 is 9.53 Å². The first-order valence-corrected chi connectivity index (χ1v) is 7.81. The largest absolute Gasteiger partial charge is 0.461 e. The fourth-order valence-corrected chi connectivity index (χ4v) is 2.49. The van der Waals surface area contributed by atoms with Crippen LogP contribution in [0.3, 0.4) is 0 Å². The summed E-state index contributed by atoms with van der Waals surface area (Å²) >= 11 is 0. The smallest absolute Gasteiger partial charge is 0.310 e. The van der Waals surface area contributed by atoms with Crippen LogP contribution in [0.1, 0.15) is 23.6 Å². The number of esters is 1. The van der Waals surface area contributed by atoms with Crippen LogP contribution in [0.2, 0.25) is 0 Å². The number of carbonyl (C=O) groups is 1. The molecule has 0 saturated heterocycles. The molecule has 3 nitrogen and oxygen atoms in total. The summed E-state index contributed by atoms with van der Waals surface area (Å²) in [5.41, 5.74) is 4.17. The van der Waals surface area contributed by atoms with E-state index in [0.29, 0.717) is 6.42 Å². The quantitative estimate of drug-likeness (QED) is 0.667. The maximum Gasteiger partial charge on any atom is 0.310 e. The SMILES string of the molecule is CCc1ccc(CC(=O)OCc2ccc3ncccc3c2)cc1. The van der Waals surface area contributed by atoms with Crippen LogP contribution in [0.25, 0.3) is 10.9 Å². The summed E-state index contributed by atoms with van der Waals surface area (Å²) in [5.74, 6) is -0.208. The Labute approximate surface area is 135 Å². The lowest BCUT2D eigenvalue weighted by Crippen LogP contribution is -2.08. The Bertz CT molecular complexity index is 809. The van der Waals surface area contributed by atoms with Gasteiger partial charge in [-0.1, -0.05) is 43.3 Å². The van der Waals surface area contributed by atoms with Gasteiger partial charge in [-0.2, -0.15) is 0 Å². The van der Waals surface area contributed by atoms with Gasteiger partial charge >= 0.3 is 5.97 Å². The van der Waals surface area contributed by atoms with Crippen LogP contribution in [-0.2, 0) is 29.0 Å². The van der Waals surface area contributed by atoms with Gasteiger partial charge in [-0.3, -0.25) is 9.78 Å². The predicted octanol–water partition coefficient (Wildman–Crippen LogP) is 4.08. The summed E-state index contributed by atoms with van der Waals surface area (Å²) in [6.07, 6.45) is 3.08. The van der Waals surface area contributed by atoms with Gasteiger partial charge in [0.15, 0.2) is 0 Å². The molecule has 0 aliphatic carbocycles. The number of hydrogen-bond acceptors (Lipinski definition) is 3. The third-order valence-corrected chi connectivity index (χ3v) is 3.85. The van der Waals surface area contributed by atoms with E-state index < -0.39 is 0 Å². The van der Waals surface area contributed by atoms with E-state index in [4.69, 9.17) is 4.74 Å². The molecule has 0 aliphatic heterocycles. The molecule has 0 atom stereocenters. The predicted molar refractivity (Wildman–Crippen MR) is 91.1 cm³/mol. The van der Waals surface area contributed by atoms with E-state index >= 15 is 0 Å². The number of aromatic nitrogens is 1. The zero-order chi connectivity index (χ0) is 16.1. The fourth-order valence-electron chi connectivity index (χ4n) is 2.49. The third-order valence-electron chi connectivity index (χ3n) is 3.85. The second kappa shape index (κ2) is 7.05. The maximum atomic E-state index is 12.0. The Kier molecular flexibility index (Phi) is 4.67. The first-order valence-electron chi connectivity index (χ1n) is 7.81. The molecule has 1 heterocycles. The molecule has 2 aromatic carbocycles. The third kappa shape index (κ3) is 3.95. The summed E-state index contributed by atoms with van der Waals surface area (Å²) in [5, 5.41) is 1.05. The zero-order valence-corrected chi connectivity index (χ0v) is 13.2. The number of aryl methyl sites for hydroxylation is 1. The number of ether oxygens (including phenoxy) is 1. The molecular weight excluding hydrogens is 286 g/mol. The molecule has 23 heavy (non-hydrogen) atoms. The van der Waals surface area contributed by atoms with Crippen LogP contribution in [-0.4, -0.2) is 11.0 Å². The summed E-state index contributed by atoms with van der Waals surface area (Å²) in [6.45, 7) is 2.40. The summed E-state index contributed by atoms with van der Waals surface area (Å²) in [6, 6.07) is 17.9. The highest BCUT2D eigenvalue weighted by Gasteiger charge is 2.06. The molecule has 3 rings (SSSR count). The lowest BCUT2D eigenvalue weighted by molar-refractivity contribution is -0.144. The Morgan fingerprint density at radius 2 is 1.74 bits per heavy atom. The zero-order valence-electron chi connectivity index (χ0n) is 13.2. The minimum Gasteiger partial charge on any atom is -0.461 e. The first-order chi connectivity index (χ1) is 11.2. The van der Waals surface area contributed by atoms with Gasteiger partial charge in [0.05, 0.1) is 11.9 Å². The summed E-state index contributed by atoms with van der Waals surface area (Å²) in [4.78, 5) is 16.2. The van der Waals surface area contributed by atoms with Crippen LogP contribution in [0.5, 0.6) is 0 Å². The van der Waals surface area contributed by atoms with E-state index in [1.54, 1.807) is 6.20 Å². The number of fused-ring (bicyclic) bond motifs is 1. The molecule has 1 aromatic heterocycles. The van der Waals surface area contributed by atoms with Crippen molar-refractivity contribution in [1.82, 2.24) is 4.98 Å². The highest BCUT2D eigenvalue weighted by atomic mass is 16.5. The van der Waals surface area contributed by atoms with Gasteiger partial charge in [-0.25, -0.2) is 0 Å². The van der Waals surface area contributed by atoms with Gasteiger partial charge < -0.3 is 4.74 Å². The molecule has 0 radical (unpaired) electrons. The lowest BCUT2D eigenvalue weighted by Gasteiger charge is -2.07. The monoisotopic (exact) mass is 305 g/mol. The van der Waals surface area contributed by atoms with Gasteiger partial charge in [0.2, 0.25) is 0 Å². The molecule has 0 aliphatic rings. The Balaban J connectivity index is 1.58.